The molecule has 1 unspecified atom stereocenters. The highest BCUT2D eigenvalue weighted by Crippen LogP contribution is 2.27. The molecule has 1 amide bonds. The number of rotatable bonds is 4. The summed E-state index contributed by atoms with van der Waals surface area (Å²) < 4.78 is 0. The van der Waals surface area contributed by atoms with Gasteiger partial charge in [-0.15, -0.1) is 0 Å². The number of nitrogens with zero attached hydrogens (tertiary/aromatic N) is 5. The molecule has 1 aliphatic heterocycles. The molecule has 0 spiro atoms. The van der Waals surface area contributed by atoms with Gasteiger partial charge in [0.2, 0.25) is 5.91 Å². The molecule has 0 radical (unpaired) electrons. The fourth-order valence-electron chi connectivity index (χ4n) is 2.24. The minimum absolute atomic E-state index is 0.0917. The summed E-state index contributed by atoms with van der Waals surface area (Å²) in [6.45, 7) is 1.00. The molecule has 19 heavy (non-hydrogen) atoms. The van der Waals surface area contributed by atoms with Gasteiger partial charge < -0.3 is 9.80 Å². The molecule has 0 saturated carbocycles. The molecular weight excluding hydrogens is 242 g/mol. The van der Waals surface area contributed by atoms with Crippen molar-refractivity contribution in [3.63, 3.8) is 0 Å². The first kappa shape index (κ1) is 13.2. The molecule has 2 rings (SSSR count). The van der Waals surface area contributed by atoms with Gasteiger partial charge in [-0.25, -0.2) is 0 Å². The van der Waals surface area contributed by atoms with Crippen molar-refractivity contribution in [3.8, 4) is 0 Å². The van der Waals surface area contributed by atoms with Crippen molar-refractivity contribution < 1.29 is 4.79 Å². The zero-order valence-electron chi connectivity index (χ0n) is 11.2. The zero-order chi connectivity index (χ0) is 13.8. The molecule has 1 saturated heterocycles. The zero-order valence-corrected chi connectivity index (χ0v) is 11.2. The second kappa shape index (κ2) is 5.63. The van der Waals surface area contributed by atoms with E-state index in [0.29, 0.717) is 19.5 Å². The smallest absolute Gasteiger partial charge is 0.227 e. The molecule has 1 aromatic rings. The average molecular weight is 259 g/mol. The van der Waals surface area contributed by atoms with Gasteiger partial charge in [-0.1, -0.05) is 11.2 Å². The molecule has 100 valence electrons. The topological polar surface area (TPSA) is 72.3 Å². The van der Waals surface area contributed by atoms with E-state index in [4.69, 9.17) is 5.53 Å². The highest BCUT2D eigenvalue weighted by Gasteiger charge is 2.30. The molecular formula is C13H17N5O. The van der Waals surface area contributed by atoms with Crippen LogP contribution in [0.15, 0.2) is 29.4 Å². The summed E-state index contributed by atoms with van der Waals surface area (Å²) in [7, 11) is 3.94. The minimum atomic E-state index is 0.0917. The quantitative estimate of drug-likeness (QED) is 0.473. The molecule has 1 aromatic carbocycles. The highest BCUT2D eigenvalue weighted by molar-refractivity contribution is 5.96. The van der Waals surface area contributed by atoms with Crippen LogP contribution >= 0.6 is 0 Å². The van der Waals surface area contributed by atoms with Crippen molar-refractivity contribution in [3.05, 3.63) is 34.7 Å². The Hall–Kier alpha value is -2.20. The van der Waals surface area contributed by atoms with Gasteiger partial charge in [-0.2, -0.15) is 0 Å². The first-order valence-electron chi connectivity index (χ1n) is 6.20. The van der Waals surface area contributed by atoms with E-state index in [2.05, 4.69) is 10.0 Å². The molecule has 6 heteroatoms. The monoisotopic (exact) mass is 259 g/mol. The van der Waals surface area contributed by atoms with E-state index in [-0.39, 0.29) is 11.8 Å². The molecule has 0 bridgehead atoms. The number of hydrogen-bond donors (Lipinski definition) is 0. The number of anilines is 2. The SMILES string of the molecule is CN(C)c1cccc(N2CC(CN=[N+]=[N-])CC2=O)c1. The van der Waals surface area contributed by atoms with Crippen molar-refractivity contribution in [1.82, 2.24) is 0 Å². The third-order valence-electron chi connectivity index (χ3n) is 3.27. The second-order valence-electron chi connectivity index (χ2n) is 4.90. The van der Waals surface area contributed by atoms with E-state index >= 15 is 0 Å². The van der Waals surface area contributed by atoms with Crippen molar-refractivity contribution >= 4 is 17.3 Å². The van der Waals surface area contributed by atoms with Crippen LogP contribution in [0.25, 0.3) is 10.4 Å². The Labute approximate surface area is 112 Å². The van der Waals surface area contributed by atoms with E-state index in [1.165, 1.54) is 0 Å². The molecule has 0 aromatic heterocycles. The Bertz CT molecular complexity index is 522. The largest absolute Gasteiger partial charge is 0.378 e. The molecule has 0 N–H and O–H groups in total. The molecule has 1 aliphatic rings. The molecule has 1 atom stereocenters. The van der Waals surface area contributed by atoms with E-state index in [9.17, 15) is 4.79 Å². The number of azide groups is 1. The Morgan fingerprint density at radius 3 is 3.00 bits per heavy atom. The van der Waals surface area contributed by atoms with E-state index in [0.717, 1.165) is 11.4 Å². The van der Waals surface area contributed by atoms with Crippen molar-refractivity contribution in [2.75, 3.05) is 37.0 Å². The summed E-state index contributed by atoms with van der Waals surface area (Å²) in [4.78, 5) is 18.5. The first-order chi connectivity index (χ1) is 9.11. The van der Waals surface area contributed by atoms with Crippen LogP contribution in [0, 0.1) is 5.92 Å². The summed E-state index contributed by atoms with van der Waals surface area (Å²) in [6.07, 6.45) is 0.450. The van der Waals surface area contributed by atoms with Crippen LogP contribution in [0.3, 0.4) is 0 Å². The van der Waals surface area contributed by atoms with Crippen LogP contribution in [0.4, 0.5) is 11.4 Å². The molecule has 1 heterocycles. The lowest BCUT2D eigenvalue weighted by molar-refractivity contribution is -0.117. The maximum absolute atomic E-state index is 12.0. The first-order valence-corrected chi connectivity index (χ1v) is 6.20. The van der Waals surface area contributed by atoms with Crippen LogP contribution in [0.2, 0.25) is 0 Å². The van der Waals surface area contributed by atoms with Gasteiger partial charge in [0.1, 0.15) is 0 Å². The Balaban J connectivity index is 2.15. The number of carbonyl (C=O) groups excluding carboxylic acids is 1. The van der Waals surface area contributed by atoms with E-state index in [1.807, 2.05) is 43.3 Å². The van der Waals surface area contributed by atoms with Crippen molar-refractivity contribution in [2.45, 2.75) is 6.42 Å². The number of benzene rings is 1. The summed E-state index contributed by atoms with van der Waals surface area (Å²) in [5.41, 5.74) is 10.3. The predicted molar refractivity (Wildman–Crippen MR) is 75.2 cm³/mol. The van der Waals surface area contributed by atoms with Crippen LogP contribution in [0.5, 0.6) is 0 Å². The maximum atomic E-state index is 12.0. The normalized spacial score (nSPS) is 18.3. The fourth-order valence-corrected chi connectivity index (χ4v) is 2.24. The van der Waals surface area contributed by atoms with Crippen molar-refractivity contribution in [1.29, 1.82) is 0 Å². The lowest BCUT2D eigenvalue weighted by Crippen LogP contribution is -2.25. The van der Waals surface area contributed by atoms with Gasteiger partial charge in [-0.05, 0) is 29.6 Å². The lowest BCUT2D eigenvalue weighted by Gasteiger charge is -2.19. The van der Waals surface area contributed by atoms with Gasteiger partial charge in [0.25, 0.3) is 0 Å². The standard InChI is InChI=1S/C13H17N5O/c1-17(2)11-4-3-5-12(7-11)18-9-10(6-13(18)19)8-15-16-14/h3-5,7,10H,6,8-9H2,1-2H3. The van der Waals surface area contributed by atoms with Gasteiger partial charge in [0.15, 0.2) is 0 Å². The second-order valence-corrected chi connectivity index (χ2v) is 4.90. The third kappa shape index (κ3) is 2.98. The molecule has 0 aliphatic carbocycles. The van der Waals surface area contributed by atoms with Crippen molar-refractivity contribution in [2.24, 2.45) is 11.0 Å². The summed E-state index contributed by atoms with van der Waals surface area (Å²) in [5.74, 6) is 0.209. The van der Waals surface area contributed by atoms with E-state index in [1.54, 1.807) is 4.90 Å². The van der Waals surface area contributed by atoms with Gasteiger partial charge >= 0.3 is 0 Å². The van der Waals surface area contributed by atoms with Gasteiger partial charge in [0.05, 0.1) is 0 Å². The van der Waals surface area contributed by atoms with Crippen LogP contribution in [-0.4, -0.2) is 33.1 Å². The molecule has 1 fully saturated rings. The van der Waals surface area contributed by atoms with Crippen LogP contribution in [0.1, 0.15) is 6.42 Å². The average Bonchev–Trinajstić information content (AvgIpc) is 2.77. The van der Waals surface area contributed by atoms with Gasteiger partial charge in [-0.3, -0.25) is 4.79 Å². The van der Waals surface area contributed by atoms with Crippen LogP contribution < -0.4 is 9.80 Å². The Morgan fingerprint density at radius 2 is 2.32 bits per heavy atom. The summed E-state index contributed by atoms with van der Waals surface area (Å²) >= 11 is 0. The molecule has 6 nitrogen and oxygen atoms in total. The Morgan fingerprint density at radius 1 is 1.53 bits per heavy atom. The lowest BCUT2D eigenvalue weighted by atomic mass is 10.1. The highest BCUT2D eigenvalue weighted by atomic mass is 16.2. The third-order valence-corrected chi connectivity index (χ3v) is 3.27. The van der Waals surface area contributed by atoms with E-state index < -0.39 is 0 Å². The van der Waals surface area contributed by atoms with Crippen LogP contribution in [-0.2, 0) is 4.79 Å². The maximum Gasteiger partial charge on any atom is 0.227 e. The summed E-state index contributed by atoms with van der Waals surface area (Å²) in [6, 6.07) is 7.87. The number of carbonyl (C=O) groups is 1. The number of amides is 1. The summed E-state index contributed by atoms with van der Waals surface area (Å²) in [5, 5.41) is 3.56. The fraction of sp³-hybridized carbons (Fsp3) is 0.462. The minimum Gasteiger partial charge on any atom is -0.378 e. The number of hydrogen-bond acceptors (Lipinski definition) is 3. The Kier molecular flexibility index (Phi) is 3.92. The van der Waals surface area contributed by atoms with Gasteiger partial charge in [0, 0.05) is 49.9 Å². The predicted octanol–water partition coefficient (Wildman–Crippen LogP) is 2.42.